The summed E-state index contributed by atoms with van der Waals surface area (Å²) in [6.45, 7) is 0. The van der Waals surface area contributed by atoms with Crippen molar-refractivity contribution in [2.24, 2.45) is 5.92 Å². The summed E-state index contributed by atoms with van der Waals surface area (Å²) >= 11 is 0. The van der Waals surface area contributed by atoms with E-state index < -0.39 is 0 Å². The fraction of sp³-hybridized carbons (Fsp3) is 0.500. The second-order valence-electron chi connectivity index (χ2n) is 4.34. The van der Waals surface area contributed by atoms with Crippen LogP contribution < -0.4 is 0 Å². The molecule has 0 amide bonds. The zero-order valence-corrected chi connectivity index (χ0v) is 8.78. The fourth-order valence-electron chi connectivity index (χ4n) is 2.05. The van der Waals surface area contributed by atoms with E-state index >= 15 is 0 Å². The van der Waals surface area contributed by atoms with Gasteiger partial charge in [-0.2, -0.15) is 0 Å². The molecule has 2 rings (SSSR count). The molecule has 0 spiro atoms. The van der Waals surface area contributed by atoms with Gasteiger partial charge in [-0.3, -0.25) is 0 Å². The van der Waals surface area contributed by atoms with E-state index in [4.69, 9.17) is 0 Å². The standard InChI is InChI=1S/C14H19/c1-2-7-13(8-3-1)9-4-5-10-14-11-6-12-14/h1-3,7-9,14H,4-6,10-12H2. The lowest BCUT2D eigenvalue weighted by atomic mass is 9.81. The molecule has 0 N–H and O–H groups in total. The Hall–Kier alpha value is -0.780. The van der Waals surface area contributed by atoms with Gasteiger partial charge in [-0.25, -0.2) is 0 Å². The van der Waals surface area contributed by atoms with E-state index in [-0.39, 0.29) is 0 Å². The van der Waals surface area contributed by atoms with Crippen molar-refractivity contribution >= 4 is 0 Å². The number of rotatable bonds is 5. The molecule has 0 heteroatoms. The van der Waals surface area contributed by atoms with E-state index in [1.54, 1.807) is 0 Å². The SMILES string of the molecule is [CH](CCCC1CCC1)c1ccccc1. The van der Waals surface area contributed by atoms with Gasteiger partial charge in [-0.15, -0.1) is 0 Å². The predicted molar refractivity (Wildman–Crippen MR) is 61.0 cm³/mol. The van der Waals surface area contributed by atoms with Gasteiger partial charge in [0.15, 0.2) is 0 Å². The molecule has 1 aromatic carbocycles. The summed E-state index contributed by atoms with van der Waals surface area (Å²) in [7, 11) is 0. The first-order chi connectivity index (χ1) is 6.95. The Kier molecular flexibility index (Phi) is 3.62. The fourth-order valence-corrected chi connectivity index (χ4v) is 2.05. The summed E-state index contributed by atoms with van der Waals surface area (Å²) < 4.78 is 0. The summed E-state index contributed by atoms with van der Waals surface area (Å²) in [6, 6.07) is 10.7. The predicted octanol–water partition coefficient (Wildman–Crippen LogP) is 4.21. The molecule has 0 saturated heterocycles. The monoisotopic (exact) mass is 187 g/mol. The average Bonchev–Trinajstić information content (AvgIpc) is 2.16. The molecule has 1 aromatic rings. The van der Waals surface area contributed by atoms with Crippen LogP contribution in [0.15, 0.2) is 30.3 Å². The Morgan fingerprint density at radius 3 is 2.57 bits per heavy atom. The van der Waals surface area contributed by atoms with Crippen molar-refractivity contribution in [3.05, 3.63) is 42.3 Å². The average molecular weight is 187 g/mol. The van der Waals surface area contributed by atoms with Gasteiger partial charge in [0.05, 0.1) is 0 Å². The number of unbranched alkanes of at least 4 members (excludes halogenated alkanes) is 1. The summed E-state index contributed by atoms with van der Waals surface area (Å²) in [5.74, 6) is 1.07. The van der Waals surface area contributed by atoms with Crippen LogP contribution in [0.5, 0.6) is 0 Å². The highest BCUT2D eigenvalue weighted by molar-refractivity contribution is 5.21. The van der Waals surface area contributed by atoms with Crippen molar-refractivity contribution in [2.75, 3.05) is 0 Å². The van der Waals surface area contributed by atoms with Gasteiger partial charge in [0.25, 0.3) is 0 Å². The molecule has 1 aliphatic rings. The first kappa shape index (κ1) is 9.76. The Morgan fingerprint density at radius 1 is 1.14 bits per heavy atom. The van der Waals surface area contributed by atoms with E-state index in [9.17, 15) is 0 Å². The van der Waals surface area contributed by atoms with Crippen molar-refractivity contribution in [1.29, 1.82) is 0 Å². The minimum absolute atomic E-state index is 1.07. The molecule has 0 aromatic heterocycles. The van der Waals surface area contributed by atoms with Crippen LogP contribution in [0.4, 0.5) is 0 Å². The van der Waals surface area contributed by atoms with Crippen LogP contribution in [0.3, 0.4) is 0 Å². The highest BCUT2D eigenvalue weighted by atomic mass is 14.2. The summed E-state index contributed by atoms with van der Waals surface area (Å²) in [5.41, 5.74) is 1.38. The smallest absolute Gasteiger partial charge is 0.00931 e. The summed E-state index contributed by atoms with van der Waals surface area (Å²) in [5, 5.41) is 0. The molecule has 0 nitrogen and oxygen atoms in total. The van der Waals surface area contributed by atoms with Gasteiger partial charge in [0.2, 0.25) is 0 Å². The van der Waals surface area contributed by atoms with Crippen molar-refractivity contribution in [3.8, 4) is 0 Å². The Labute approximate surface area is 87.3 Å². The number of benzene rings is 1. The van der Waals surface area contributed by atoms with Gasteiger partial charge in [-0.05, 0) is 24.3 Å². The van der Waals surface area contributed by atoms with E-state index in [0.717, 1.165) is 5.92 Å². The third-order valence-electron chi connectivity index (χ3n) is 3.22. The molecule has 0 unspecified atom stereocenters. The lowest BCUT2D eigenvalue weighted by Gasteiger charge is -2.24. The summed E-state index contributed by atoms with van der Waals surface area (Å²) in [4.78, 5) is 0. The van der Waals surface area contributed by atoms with Crippen LogP contribution in [0.25, 0.3) is 0 Å². The van der Waals surface area contributed by atoms with Gasteiger partial charge in [0.1, 0.15) is 0 Å². The van der Waals surface area contributed by atoms with Gasteiger partial charge in [0, 0.05) is 0 Å². The topological polar surface area (TPSA) is 0 Å². The molecule has 0 heterocycles. The van der Waals surface area contributed by atoms with Crippen LogP contribution >= 0.6 is 0 Å². The molecule has 0 atom stereocenters. The highest BCUT2D eigenvalue weighted by Crippen LogP contribution is 2.31. The Bertz CT molecular complexity index is 246. The van der Waals surface area contributed by atoms with Crippen LogP contribution in [0, 0.1) is 12.3 Å². The molecule has 75 valence electrons. The second kappa shape index (κ2) is 5.19. The van der Waals surface area contributed by atoms with E-state index in [1.165, 1.54) is 44.1 Å². The minimum atomic E-state index is 1.07. The van der Waals surface area contributed by atoms with Crippen LogP contribution in [0.1, 0.15) is 44.1 Å². The lowest BCUT2D eigenvalue weighted by molar-refractivity contribution is 0.290. The molecule has 0 aliphatic heterocycles. The third kappa shape index (κ3) is 2.87. The van der Waals surface area contributed by atoms with Crippen molar-refractivity contribution in [2.45, 2.75) is 38.5 Å². The van der Waals surface area contributed by atoms with Gasteiger partial charge >= 0.3 is 0 Å². The Balaban J connectivity index is 1.58. The molecule has 1 aliphatic carbocycles. The first-order valence-electron chi connectivity index (χ1n) is 5.83. The highest BCUT2D eigenvalue weighted by Gasteiger charge is 2.15. The maximum absolute atomic E-state index is 2.36. The van der Waals surface area contributed by atoms with E-state index in [2.05, 4.69) is 36.8 Å². The van der Waals surface area contributed by atoms with Crippen LogP contribution in [0.2, 0.25) is 0 Å². The molecular weight excluding hydrogens is 168 g/mol. The molecule has 1 radical (unpaired) electrons. The van der Waals surface area contributed by atoms with Gasteiger partial charge < -0.3 is 0 Å². The van der Waals surface area contributed by atoms with Crippen molar-refractivity contribution in [3.63, 3.8) is 0 Å². The van der Waals surface area contributed by atoms with Gasteiger partial charge in [-0.1, -0.05) is 62.4 Å². The molecule has 1 fully saturated rings. The maximum atomic E-state index is 2.36. The quantitative estimate of drug-likeness (QED) is 0.606. The third-order valence-corrected chi connectivity index (χ3v) is 3.22. The van der Waals surface area contributed by atoms with E-state index in [1.807, 2.05) is 0 Å². The largest absolute Gasteiger partial charge is 0.0622 e. The van der Waals surface area contributed by atoms with E-state index in [0.29, 0.717) is 0 Å². The van der Waals surface area contributed by atoms with Crippen LogP contribution in [-0.2, 0) is 0 Å². The minimum Gasteiger partial charge on any atom is -0.0622 e. The van der Waals surface area contributed by atoms with Crippen molar-refractivity contribution < 1.29 is 0 Å². The molecule has 0 bridgehead atoms. The molecule has 14 heavy (non-hydrogen) atoms. The number of hydrogen-bond acceptors (Lipinski definition) is 0. The second-order valence-corrected chi connectivity index (χ2v) is 4.34. The molecular formula is C14H19. The molecule has 1 saturated carbocycles. The summed E-state index contributed by atoms with van der Waals surface area (Å²) in [6.07, 6.45) is 10.9. The maximum Gasteiger partial charge on any atom is -0.00931 e. The number of hydrogen-bond donors (Lipinski definition) is 0. The lowest BCUT2D eigenvalue weighted by Crippen LogP contribution is -2.10. The first-order valence-corrected chi connectivity index (χ1v) is 5.83. The zero-order chi connectivity index (χ0) is 9.64. The van der Waals surface area contributed by atoms with Crippen molar-refractivity contribution in [1.82, 2.24) is 0 Å². The van der Waals surface area contributed by atoms with Crippen LogP contribution in [-0.4, -0.2) is 0 Å². The Morgan fingerprint density at radius 2 is 1.93 bits per heavy atom. The normalized spacial score (nSPS) is 16.6. The zero-order valence-electron chi connectivity index (χ0n) is 8.78.